The minimum atomic E-state index is -0.232. The van der Waals surface area contributed by atoms with E-state index in [1.807, 2.05) is 0 Å². The van der Waals surface area contributed by atoms with E-state index in [9.17, 15) is 4.79 Å². The fourth-order valence-corrected chi connectivity index (χ4v) is 1.90. The molecule has 0 radical (unpaired) electrons. The van der Waals surface area contributed by atoms with Crippen LogP contribution in [0.1, 0.15) is 19.3 Å². The standard InChI is InChI=1S/C12H16ClN3O/c13-9-2-4-10(5-3-9)16-11(17)15-8-12(14)6-1-7-12/h2-5H,1,6-8,14H2,(H2,15,16,17). The Balaban J connectivity index is 1.79. The molecule has 2 amide bonds. The van der Waals surface area contributed by atoms with Crippen molar-refractivity contribution in [2.45, 2.75) is 24.8 Å². The van der Waals surface area contributed by atoms with E-state index in [-0.39, 0.29) is 11.6 Å². The molecule has 1 saturated carbocycles. The number of hydrogen-bond donors (Lipinski definition) is 3. The Kier molecular flexibility index (Phi) is 3.54. The minimum Gasteiger partial charge on any atom is -0.336 e. The first kappa shape index (κ1) is 12.2. The average Bonchev–Trinajstić information content (AvgIpc) is 2.27. The third-order valence-electron chi connectivity index (χ3n) is 3.05. The van der Waals surface area contributed by atoms with Crippen LogP contribution >= 0.6 is 11.6 Å². The summed E-state index contributed by atoms with van der Waals surface area (Å²) in [6.07, 6.45) is 3.11. The summed E-state index contributed by atoms with van der Waals surface area (Å²) in [7, 11) is 0. The van der Waals surface area contributed by atoms with E-state index in [0.29, 0.717) is 17.3 Å². The van der Waals surface area contributed by atoms with Crippen molar-refractivity contribution in [1.29, 1.82) is 0 Å². The van der Waals surface area contributed by atoms with Crippen LogP contribution in [-0.4, -0.2) is 18.1 Å². The Labute approximate surface area is 106 Å². The molecule has 0 bridgehead atoms. The van der Waals surface area contributed by atoms with Crippen LogP contribution in [0.5, 0.6) is 0 Å². The van der Waals surface area contributed by atoms with Crippen LogP contribution in [-0.2, 0) is 0 Å². The highest BCUT2D eigenvalue weighted by atomic mass is 35.5. The second-order valence-corrected chi connectivity index (χ2v) is 4.97. The molecule has 0 aromatic heterocycles. The highest BCUT2D eigenvalue weighted by Crippen LogP contribution is 2.28. The summed E-state index contributed by atoms with van der Waals surface area (Å²) in [5.74, 6) is 0. The molecule has 0 spiro atoms. The maximum absolute atomic E-state index is 11.6. The zero-order valence-corrected chi connectivity index (χ0v) is 10.3. The maximum atomic E-state index is 11.6. The number of nitrogens with one attached hydrogen (secondary N) is 2. The van der Waals surface area contributed by atoms with Crippen LogP contribution < -0.4 is 16.4 Å². The van der Waals surface area contributed by atoms with Gasteiger partial charge in [-0.25, -0.2) is 4.79 Å². The summed E-state index contributed by atoms with van der Waals surface area (Å²) in [4.78, 5) is 11.6. The highest BCUT2D eigenvalue weighted by Gasteiger charge is 2.32. The van der Waals surface area contributed by atoms with Crippen molar-refractivity contribution >= 4 is 23.3 Å². The van der Waals surface area contributed by atoms with Gasteiger partial charge >= 0.3 is 6.03 Å². The molecule has 17 heavy (non-hydrogen) atoms. The summed E-state index contributed by atoms with van der Waals surface area (Å²) in [5, 5.41) is 6.15. The molecule has 0 heterocycles. The first-order chi connectivity index (χ1) is 8.07. The normalized spacial score (nSPS) is 17.1. The molecule has 0 unspecified atom stereocenters. The number of anilines is 1. The van der Waals surface area contributed by atoms with Crippen LogP contribution in [0.15, 0.2) is 24.3 Å². The van der Waals surface area contributed by atoms with Crippen molar-refractivity contribution in [3.05, 3.63) is 29.3 Å². The van der Waals surface area contributed by atoms with E-state index >= 15 is 0 Å². The van der Waals surface area contributed by atoms with Crippen LogP contribution in [0.4, 0.5) is 10.5 Å². The number of rotatable bonds is 3. The van der Waals surface area contributed by atoms with Crippen LogP contribution in [0.25, 0.3) is 0 Å². The average molecular weight is 254 g/mol. The van der Waals surface area contributed by atoms with E-state index in [0.717, 1.165) is 19.3 Å². The number of nitrogens with two attached hydrogens (primary N) is 1. The molecule has 1 aromatic rings. The van der Waals surface area contributed by atoms with Crippen molar-refractivity contribution in [2.75, 3.05) is 11.9 Å². The van der Waals surface area contributed by atoms with Crippen molar-refractivity contribution < 1.29 is 4.79 Å². The van der Waals surface area contributed by atoms with E-state index in [1.165, 1.54) is 0 Å². The molecule has 1 fully saturated rings. The Bertz CT molecular complexity index is 401. The van der Waals surface area contributed by atoms with E-state index in [4.69, 9.17) is 17.3 Å². The smallest absolute Gasteiger partial charge is 0.319 e. The van der Waals surface area contributed by atoms with Crippen molar-refractivity contribution in [3.63, 3.8) is 0 Å². The van der Waals surface area contributed by atoms with E-state index < -0.39 is 0 Å². The van der Waals surface area contributed by atoms with Crippen molar-refractivity contribution in [1.82, 2.24) is 5.32 Å². The molecule has 0 saturated heterocycles. The Morgan fingerprint density at radius 1 is 1.35 bits per heavy atom. The topological polar surface area (TPSA) is 67.1 Å². The van der Waals surface area contributed by atoms with Gasteiger partial charge in [-0.1, -0.05) is 11.6 Å². The third-order valence-corrected chi connectivity index (χ3v) is 3.30. The fraction of sp³-hybridized carbons (Fsp3) is 0.417. The number of carbonyl (C=O) groups is 1. The number of hydrogen-bond acceptors (Lipinski definition) is 2. The van der Waals surface area contributed by atoms with Gasteiger partial charge in [-0.05, 0) is 43.5 Å². The van der Waals surface area contributed by atoms with Gasteiger partial charge in [0.05, 0.1) is 0 Å². The van der Waals surface area contributed by atoms with Gasteiger partial charge in [0.15, 0.2) is 0 Å². The zero-order chi connectivity index (χ0) is 12.3. The molecule has 92 valence electrons. The predicted octanol–water partition coefficient (Wildman–Crippen LogP) is 2.34. The third kappa shape index (κ3) is 3.35. The van der Waals surface area contributed by atoms with Crippen molar-refractivity contribution in [2.24, 2.45) is 5.73 Å². The molecular weight excluding hydrogens is 238 g/mol. The number of halogens is 1. The van der Waals surface area contributed by atoms with Gasteiger partial charge < -0.3 is 16.4 Å². The molecule has 5 heteroatoms. The van der Waals surface area contributed by atoms with E-state index in [2.05, 4.69) is 10.6 Å². The van der Waals surface area contributed by atoms with Gasteiger partial charge in [-0.2, -0.15) is 0 Å². The van der Waals surface area contributed by atoms with Gasteiger partial charge in [0.25, 0.3) is 0 Å². The lowest BCUT2D eigenvalue weighted by Gasteiger charge is -2.38. The molecule has 1 aliphatic rings. The first-order valence-corrected chi connectivity index (χ1v) is 6.05. The van der Waals surface area contributed by atoms with Gasteiger partial charge in [0.2, 0.25) is 0 Å². The molecule has 4 N–H and O–H groups in total. The SMILES string of the molecule is NC1(CNC(=O)Nc2ccc(Cl)cc2)CCC1. The quantitative estimate of drug-likeness (QED) is 0.774. The monoisotopic (exact) mass is 253 g/mol. The molecule has 1 aromatic carbocycles. The van der Waals surface area contributed by atoms with Gasteiger partial charge in [-0.15, -0.1) is 0 Å². The maximum Gasteiger partial charge on any atom is 0.319 e. The summed E-state index contributed by atoms with van der Waals surface area (Å²) in [5.41, 5.74) is 6.52. The van der Waals surface area contributed by atoms with E-state index in [1.54, 1.807) is 24.3 Å². The van der Waals surface area contributed by atoms with Gasteiger partial charge in [0, 0.05) is 22.8 Å². The first-order valence-electron chi connectivity index (χ1n) is 5.67. The second kappa shape index (κ2) is 4.94. The number of urea groups is 1. The second-order valence-electron chi connectivity index (χ2n) is 4.53. The Hall–Kier alpha value is -1.26. The molecule has 1 aliphatic carbocycles. The van der Waals surface area contributed by atoms with Crippen LogP contribution in [0, 0.1) is 0 Å². The molecule has 4 nitrogen and oxygen atoms in total. The summed E-state index contributed by atoms with van der Waals surface area (Å²) in [6.45, 7) is 0.520. The van der Waals surface area contributed by atoms with Crippen molar-refractivity contribution in [3.8, 4) is 0 Å². The fourth-order valence-electron chi connectivity index (χ4n) is 1.77. The summed E-state index contributed by atoms with van der Waals surface area (Å²) in [6, 6.07) is 6.73. The number of benzene rings is 1. The Morgan fingerprint density at radius 2 is 2.00 bits per heavy atom. The summed E-state index contributed by atoms with van der Waals surface area (Å²) < 4.78 is 0. The predicted molar refractivity (Wildman–Crippen MR) is 69.2 cm³/mol. The molecule has 2 rings (SSSR count). The van der Waals surface area contributed by atoms with Crippen LogP contribution in [0.2, 0.25) is 5.02 Å². The largest absolute Gasteiger partial charge is 0.336 e. The summed E-state index contributed by atoms with van der Waals surface area (Å²) >= 11 is 5.75. The lowest BCUT2D eigenvalue weighted by molar-refractivity contribution is 0.225. The lowest BCUT2D eigenvalue weighted by atomic mass is 9.78. The Morgan fingerprint density at radius 3 is 2.53 bits per heavy atom. The van der Waals surface area contributed by atoms with Crippen LogP contribution in [0.3, 0.4) is 0 Å². The molecule has 0 aliphatic heterocycles. The van der Waals surface area contributed by atoms with Gasteiger partial charge in [0.1, 0.15) is 0 Å². The highest BCUT2D eigenvalue weighted by molar-refractivity contribution is 6.30. The molecule has 0 atom stereocenters. The van der Waals surface area contributed by atoms with Gasteiger partial charge in [-0.3, -0.25) is 0 Å². The number of carbonyl (C=O) groups excluding carboxylic acids is 1. The number of amides is 2. The zero-order valence-electron chi connectivity index (χ0n) is 9.50. The minimum absolute atomic E-state index is 0.197. The molecular formula is C12H16ClN3O. The lowest BCUT2D eigenvalue weighted by Crippen LogP contribution is -2.55.